The molecular weight excluding hydrogens is 296 g/mol. The number of hydrogen-bond donors (Lipinski definition) is 0. The smallest absolute Gasteiger partial charge is 0.313 e. The number of esters is 1. The topological polar surface area (TPSA) is 26.3 Å². The molecule has 0 amide bonds. The van der Waals surface area contributed by atoms with Crippen LogP contribution in [0.4, 0.5) is 0 Å². The van der Waals surface area contributed by atoms with Crippen LogP contribution in [-0.4, -0.2) is 13.1 Å². The van der Waals surface area contributed by atoms with Crippen LogP contribution in [0.25, 0.3) is 0 Å². The van der Waals surface area contributed by atoms with Gasteiger partial charge in [-0.25, -0.2) is 0 Å². The van der Waals surface area contributed by atoms with Crippen molar-refractivity contribution in [2.24, 2.45) is 22.7 Å². The maximum absolute atomic E-state index is 12.6. The van der Waals surface area contributed by atoms with Crippen molar-refractivity contribution >= 4 is 5.97 Å². The van der Waals surface area contributed by atoms with Crippen LogP contribution in [0.5, 0.6) is 0 Å². The maximum atomic E-state index is 12.6. The first-order chi connectivity index (χ1) is 11.4. The van der Waals surface area contributed by atoms with E-state index in [4.69, 9.17) is 4.74 Å². The van der Waals surface area contributed by atoms with E-state index in [9.17, 15) is 4.79 Å². The third kappa shape index (κ3) is 1.92. The maximum Gasteiger partial charge on any atom is 0.313 e. The fraction of sp³-hybridized carbons (Fsp3) is 0.591. The van der Waals surface area contributed by atoms with Crippen LogP contribution in [-0.2, 0) is 9.53 Å². The molecule has 0 N–H and O–H groups in total. The van der Waals surface area contributed by atoms with E-state index in [1.807, 2.05) is 0 Å². The summed E-state index contributed by atoms with van der Waals surface area (Å²) >= 11 is 0. The van der Waals surface area contributed by atoms with Gasteiger partial charge in [-0.1, -0.05) is 49.3 Å². The van der Waals surface area contributed by atoms with Gasteiger partial charge in [-0.05, 0) is 61.5 Å². The molecule has 24 heavy (non-hydrogen) atoms. The highest BCUT2D eigenvalue weighted by atomic mass is 16.5. The molecule has 0 bridgehead atoms. The van der Waals surface area contributed by atoms with Crippen LogP contribution in [0.1, 0.15) is 52.9 Å². The van der Waals surface area contributed by atoms with Gasteiger partial charge in [-0.3, -0.25) is 4.79 Å². The van der Waals surface area contributed by atoms with Crippen LogP contribution >= 0.6 is 0 Å². The predicted molar refractivity (Wildman–Crippen MR) is 96.3 cm³/mol. The number of carbonyl (C=O) groups excluding carboxylic acids is 1. The van der Waals surface area contributed by atoms with Crippen LogP contribution < -0.4 is 0 Å². The van der Waals surface area contributed by atoms with E-state index in [-0.39, 0.29) is 22.7 Å². The molecule has 0 aromatic carbocycles. The van der Waals surface area contributed by atoms with E-state index in [1.54, 1.807) is 0 Å². The zero-order chi connectivity index (χ0) is 17.1. The lowest BCUT2D eigenvalue weighted by Crippen LogP contribution is -2.40. The Labute approximate surface area is 145 Å². The van der Waals surface area contributed by atoms with Crippen molar-refractivity contribution in [1.82, 2.24) is 0 Å². The number of allylic oxidation sites excluding steroid dienone is 7. The molecular formula is C22H28O2. The summed E-state index contributed by atoms with van der Waals surface area (Å²) in [5, 5.41) is 0. The third-order valence-corrected chi connectivity index (χ3v) is 7.39. The van der Waals surface area contributed by atoms with E-state index in [1.165, 1.54) is 35.8 Å². The van der Waals surface area contributed by atoms with E-state index in [0.717, 1.165) is 25.7 Å². The Bertz CT molecular complexity index is 720. The summed E-state index contributed by atoms with van der Waals surface area (Å²) in [6, 6.07) is 0. The average molecular weight is 324 g/mol. The molecule has 0 heterocycles. The van der Waals surface area contributed by atoms with Gasteiger partial charge in [0.1, 0.15) is 0 Å². The molecule has 2 nitrogen and oxygen atoms in total. The zero-order valence-corrected chi connectivity index (χ0v) is 15.3. The Hall–Kier alpha value is -1.57. The number of fused-ring (bicyclic) bond motifs is 4. The molecule has 0 radical (unpaired) electrons. The number of ether oxygens (including phenoxy) is 1. The Morgan fingerprint density at radius 3 is 2.83 bits per heavy atom. The fourth-order valence-corrected chi connectivity index (χ4v) is 5.56. The van der Waals surface area contributed by atoms with Gasteiger partial charge in [0.05, 0.1) is 13.0 Å². The quantitative estimate of drug-likeness (QED) is 0.493. The normalized spacial score (nSPS) is 40.3. The summed E-state index contributed by atoms with van der Waals surface area (Å²) in [5.74, 6) is 0.475. The Kier molecular flexibility index (Phi) is 3.46. The monoisotopic (exact) mass is 324 g/mol. The first-order valence-corrected chi connectivity index (χ1v) is 9.31. The van der Waals surface area contributed by atoms with Gasteiger partial charge < -0.3 is 4.74 Å². The second-order valence-electron chi connectivity index (χ2n) is 8.41. The zero-order valence-electron chi connectivity index (χ0n) is 15.3. The molecule has 0 aliphatic heterocycles. The molecule has 0 saturated heterocycles. The van der Waals surface area contributed by atoms with Crippen molar-refractivity contribution in [3.05, 3.63) is 46.6 Å². The van der Waals surface area contributed by atoms with Crippen molar-refractivity contribution in [3.8, 4) is 0 Å². The van der Waals surface area contributed by atoms with Crippen LogP contribution in [0, 0.1) is 22.7 Å². The molecule has 0 aromatic rings. The molecule has 1 unspecified atom stereocenters. The summed E-state index contributed by atoms with van der Waals surface area (Å²) < 4.78 is 5.21. The van der Waals surface area contributed by atoms with Crippen molar-refractivity contribution in [2.45, 2.75) is 52.9 Å². The van der Waals surface area contributed by atoms with E-state index in [2.05, 4.69) is 45.1 Å². The Morgan fingerprint density at radius 2 is 2.08 bits per heavy atom. The van der Waals surface area contributed by atoms with Gasteiger partial charge in [0, 0.05) is 5.41 Å². The fourth-order valence-electron chi connectivity index (χ4n) is 5.56. The minimum absolute atomic E-state index is 0.00605. The van der Waals surface area contributed by atoms with Crippen LogP contribution in [0.3, 0.4) is 0 Å². The van der Waals surface area contributed by atoms with E-state index >= 15 is 0 Å². The van der Waals surface area contributed by atoms with Crippen LogP contribution in [0.15, 0.2) is 46.6 Å². The highest BCUT2D eigenvalue weighted by molar-refractivity contribution is 5.80. The van der Waals surface area contributed by atoms with Gasteiger partial charge in [-0.15, -0.1) is 0 Å². The molecule has 4 aliphatic carbocycles. The van der Waals surface area contributed by atoms with Crippen LogP contribution in [0.2, 0.25) is 0 Å². The van der Waals surface area contributed by atoms with Gasteiger partial charge in [0.2, 0.25) is 0 Å². The number of hydrogen-bond acceptors (Lipinski definition) is 2. The third-order valence-electron chi connectivity index (χ3n) is 7.39. The van der Waals surface area contributed by atoms with Gasteiger partial charge in [0.25, 0.3) is 0 Å². The number of methoxy groups -OCH3 is 1. The Morgan fingerprint density at radius 1 is 1.29 bits per heavy atom. The van der Waals surface area contributed by atoms with Crippen molar-refractivity contribution < 1.29 is 9.53 Å². The lowest BCUT2D eigenvalue weighted by Gasteiger charge is -2.50. The summed E-state index contributed by atoms with van der Waals surface area (Å²) in [7, 11) is 1.53. The minimum atomic E-state index is -0.119. The minimum Gasteiger partial charge on any atom is -0.469 e. The van der Waals surface area contributed by atoms with Gasteiger partial charge in [-0.2, -0.15) is 0 Å². The Balaban J connectivity index is 1.93. The standard InChI is InChI=1S/C22H28O2/c1-14-8-9-17-19-16(20(23)24-4)13-15-7-5-6-11-22(15,3)18(19)10-12-21(14,17)2/h6-7,9,11,14,16H,5,8,10,12-13H2,1-4H3/t14?,16-,21-,22+/m1/s1. The summed E-state index contributed by atoms with van der Waals surface area (Å²) in [6.07, 6.45) is 14.6. The van der Waals surface area contributed by atoms with E-state index in [0.29, 0.717) is 5.92 Å². The first-order valence-electron chi connectivity index (χ1n) is 9.31. The molecule has 0 fully saturated rings. The predicted octanol–water partition coefficient (Wildman–Crippen LogP) is 5.13. The second kappa shape index (κ2) is 5.21. The summed E-state index contributed by atoms with van der Waals surface area (Å²) in [5.41, 5.74) is 5.89. The van der Waals surface area contributed by atoms with Gasteiger partial charge in [0.15, 0.2) is 0 Å². The first kappa shape index (κ1) is 15.9. The summed E-state index contributed by atoms with van der Waals surface area (Å²) in [6.45, 7) is 7.11. The average Bonchev–Trinajstić information content (AvgIpc) is 2.88. The SMILES string of the molecule is COC(=O)[C@@H]1CC2=CCC=C[C@]2(C)C2=C1C1=CCC(C)[C@@]1(C)CC2. The molecule has 4 aliphatic rings. The van der Waals surface area contributed by atoms with Gasteiger partial charge >= 0.3 is 5.97 Å². The largest absolute Gasteiger partial charge is 0.469 e. The lowest BCUT2D eigenvalue weighted by molar-refractivity contribution is -0.144. The van der Waals surface area contributed by atoms with Crippen molar-refractivity contribution in [1.29, 1.82) is 0 Å². The molecule has 2 heteroatoms. The highest BCUT2D eigenvalue weighted by Crippen LogP contribution is 2.62. The summed E-state index contributed by atoms with van der Waals surface area (Å²) in [4.78, 5) is 12.6. The lowest BCUT2D eigenvalue weighted by atomic mass is 9.54. The molecule has 4 atom stereocenters. The van der Waals surface area contributed by atoms with E-state index < -0.39 is 0 Å². The van der Waals surface area contributed by atoms with Crippen molar-refractivity contribution in [3.63, 3.8) is 0 Å². The molecule has 4 rings (SSSR count). The number of rotatable bonds is 1. The highest BCUT2D eigenvalue weighted by Gasteiger charge is 2.52. The van der Waals surface area contributed by atoms with Crippen molar-refractivity contribution in [2.75, 3.05) is 7.11 Å². The number of carbonyl (C=O) groups is 1. The molecule has 128 valence electrons. The second-order valence-corrected chi connectivity index (χ2v) is 8.41. The molecule has 0 aromatic heterocycles. The molecule has 0 spiro atoms. The molecule has 0 saturated carbocycles.